The minimum atomic E-state index is 0.433. The molecule has 1 heterocycles. The highest BCUT2D eigenvalue weighted by Crippen LogP contribution is 2.45. The summed E-state index contributed by atoms with van der Waals surface area (Å²) in [5, 5.41) is 0. The van der Waals surface area contributed by atoms with Crippen LogP contribution in [0.5, 0.6) is 0 Å². The molecule has 1 aliphatic rings. The third-order valence-electron chi connectivity index (χ3n) is 8.30. The van der Waals surface area contributed by atoms with Gasteiger partial charge in [-0.15, -0.1) is 0 Å². The van der Waals surface area contributed by atoms with Crippen molar-refractivity contribution in [3.63, 3.8) is 0 Å². The number of unbranched alkanes of at least 4 members (excludes halogenated alkanes) is 9. The summed E-state index contributed by atoms with van der Waals surface area (Å²) in [7, 11) is 0. The summed E-state index contributed by atoms with van der Waals surface area (Å²) in [4.78, 5) is 3.05. The van der Waals surface area contributed by atoms with Crippen molar-refractivity contribution in [2.24, 2.45) is 5.41 Å². The van der Waals surface area contributed by atoms with Crippen molar-refractivity contribution in [1.82, 2.24) is 4.90 Å². The summed E-state index contributed by atoms with van der Waals surface area (Å²) in [6, 6.07) is 0.816. The molecule has 2 atom stereocenters. The topological polar surface area (TPSA) is 3.24 Å². The van der Waals surface area contributed by atoms with E-state index in [2.05, 4.69) is 46.4 Å². The highest BCUT2D eigenvalue weighted by molar-refractivity contribution is 5.00. The quantitative estimate of drug-likeness (QED) is 0.204. The Bertz CT molecular complexity index is 378. The first-order valence-electron chi connectivity index (χ1n) is 13.7. The molecule has 1 fully saturated rings. The first-order valence-corrected chi connectivity index (χ1v) is 13.7. The SMILES string of the molecule is CCCCCCC(C)(CC)C1CCCN1C(C)(CCCCCC)CCCCCC. The molecule has 0 bridgehead atoms. The average Bonchev–Trinajstić information content (AvgIpc) is 3.23. The molecular weight excluding hydrogens is 350 g/mol. The van der Waals surface area contributed by atoms with Crippen molar-refractivity contribution in [2.75, 3.05) is 6.54 Å². The zero-order valence-corrected chi connectivity index (χ0v) is 21.5. The first kappa shape index (κ1) is 27.0. The van der Waals surface area contributed by atoms with Crippen molar-refractivity contribution >= 4 is 0 Å². The maximum Gasteiger partial charge on any atom is 0.0184 e. The summed E-state index contributed by atoms with van der Waals surface area (Å²) in [5.74, 6) is 0. The minimum absolute atomic E-state index is 0.433. The Balaban J connectivity index is 2.85. The van der Waals surface area contributed by atoms with E-state index in [4.69, 9.17) is 0 Å². The van der Waals surface area contributed by atoms with Crippen LogP contribution in [0.1, 0.15) is 157 Å². The molecule has 1 heteroatoms. The summed E-state index contributed by atoms with van der Waals surface area (Å²) >= 11 is 0. The van der Waals surface area contributed by atoms with E-state index in [1.165, 1.54) is 122 Å². The molecule has 174 valence electrons. The van der Waals surface area contributed by atoms with Gasteiger partial charge in [-0.25, -0.2) is 0 Å². The third-order valence-corrected chi connectivity index (χ3v) is 8.30. The van der Waals surface area contributed by atoms with Crippen molar-refractivity contribution in [2.45, 2.75) is 169 Å². The fourth-order valence-electron chi connectivity index (χ4n) is 5.95. The Morgan fingerprint density at radius 3 is 1.59 bits per heavy atom. The summed E-state index contributed by atoms with van der Waals surface area (Å²) in [5.41, 5.74) is 0.945. The van der Waals surface area contributed by atoms with Crippen LogP contribution in [0, 0.1) is 5.41 Å². The molecular formula is C28H57N. The van der Waals surface area contributed by atoms with Crippen LogP contribution in [0.15, 0.2) is 0 Å². The van der Waals surface area contributed by atoms with Gasteiger partial charge in [0.1, 0.15) is 0 Å². The zero-order chi connectivity index (χ0) is 21.6. The molecule has 0 aliphatic carbocycles. The lowest BCUT2D eigenvalue weighted by Gasteiger charge is -2.49. The standard InChI is InChI=1S/C28H57N/c1-7-11-14-17-22-27(5,10-4)26-21-20-25-29(26)28(6,23-18-15-12-8-2)24-19-16-13-9-3/h26H,7-25H2,1-6H3. The van der Waals surface area contributed by atoms with Crippen LogP contribution in [-0.4, -0.2) is 23.0 Å². The van der Waals surface area contributed by atoms with Crippen LogP contribution in [-0.2, 0) is 0 Å². The smallest absolute Gasteiger partial charge is 0.0184 e. The largest absolute Gasteiger partial charge is 0.294 e. The lowest BCUT2D eigenvalue weighted by atomic mass is 9.72. The van der Waals surface area contributed by atoms with E-state index in [1.54, 1.807) is 0 Å². The van der Waals surface area contributed by atoms with Crippen LogP contribution in [0.3, 0.4) is 0 Å². The highest BCUT2D eigenvalue weighted by atomic mass is 15.2. The molecule has 0 amide bonds. The van der Waals surface area contributed by atoms with E-state index >= 15 is 0 Å². The molecule has 0 N–H and O–H groups in total. The second kappa shape index (κ2) is 14.9. The normalized spacial score (nSPS) is 20.3. The van der Waals surface area contributed by atoms with E-state index in [0.29, 0.717) is 11.0 Å². The second-order valence-corrected chi connectivity index (χ2v) is 10.8. The highest BCUT2D eigenvalue weighted by Gasteiger charge is 2.45. The number of hydrogen-bond donors (Lipinski definition) is 0. The molecule has 0 saturated carbocycles. The Morgan fingerprint density at radius 2 is 1.14 bits per heavy atom. The second-order valence-electron chi connectivity index (χ2n) is 10.8. The molecule has 1 nitrogen and oxygen atoms in total. The maximum atomic E-state index is 3.05. The fraction of sp³-hybridized carbons (Fsp3) is 1.00. The predicted molar refractivity (Wildman–Crippen MR) is 133 cm³/mol. The zero-order valence-electron chi connectivity index (χ0n) is 21.5. The van der Waals surface area contributed by atoms with Gasteiger partial charge in [-0.05, 0) is 57.4 Å². The molecule has 1 aliphatic heterocycles. The maximum absolute atomic E-state index is 3.05. The van der Waals surface area contributed by atoms with Crippen molar-refractivity contribution in [3.8, 4) is 0 Å². The molecule has 29 heavy (non-hydrogen) atoms. The molecule has 0 radical (unpaired) electrons. The predicted octanol–water partition coefficient (Wildman–Crippen LogP) is 9.54. The van der Waals surface area contributed by atoms with Gasteiger partial charge in [0.25, 0.3) is 0 Å². The van der Waals surface area contributed by atoms with Gasteiger partial charge in [0.2, 0.25) is 0 Å². The lowest BCUT2D eigenvalue weighted by Crippen LogP contribution is -2.54. The van der Waals surface area contributed by atoms with Crippen molar-refractivity contribution < 1.29 is 0 Å². The van der Waals surface area contributed by atoms with E-state index in [9.17, 15) is 0 Å². The van der Waals surface area contributed by atoms with Crippen LogP contribution < -0.4 is 0 Å². The summed E-state index contributed by atoms with van der Waals surface area (Å²) in [6.07, 6.45) is 25.4. The monoisotopic (exact) mass is 407 g/mol. The Kier molecular flexibility index (Phi) is 13.8. The van der Waals surface area contributed by atoms with E-state index in [-0.39, 0.29) is 0 Å². The van der Waals surface area contributed by atoms with E-state index in [0.717, 1.165) is 6.04 Å². The third kappa shape index (κ3) is 8.92. The van der Waals surface area contributed by atoms with Gasteiger partial charge in [-0.2, -0.15) is 0 Å². The fourth-order valence-corrected chi connectivity index (χ4v) is 5.95. The molecule has 0 spiro atoms. The molecule has 0 aromatic carbocycles. The van der Waals surface area contributed by atoms with Gasteiger partial charge in [0.15, 0.2) is 0 Å². The average molecular weight is 408 g/mol. The first-order chi connectivity index (χ1) is 14.0. The van der Waals surface area contributed by atoms with Crippen LogP contribution in [0.2, 0.25) is 0 Å². The molecule has 1 rings (SSSR count). The Morgan fingerprint density at radius 1 is 0.655 bits per heavy atom. The van der Waals surface area contributed by atoms with Crippen LogP contribution in [0.4, 0.5) is 0 Å². The van der Waals surface area contributed by atoms with Gasteiger partial charge in [-0.1, -0.05) is 112 Å². The molecule has 0 aromatic rings. The number of likely N-dealkylation sites (tertiary alicyclic amines) is 1. The Hall–Kier alpha value is -0.0400. The Labute approximate surface area is 185 Å². The van der Waals surface area contributed by atoms with Crippen molar-refractivity contribution in [1.29, 1.82) is 0 Å². The summed E-state index contributed by atoms with van der Waals surface area (Å²) < 4.78 is 0. The van der Waals surface area contributed by atoms with E-state index < -0.39 is 0 Å². The lowest BCUT2D eigenvalue weighted by molar-refractivity contribution is 0.00187. The van der Waals surface area contributed by atoms with Gasteiger partial charge in [-0.3, -0.25) is 4.90 Å². The van der Waals surface area contributed by atoms with Crippen molar-refractivity contribution in [3.05, 3.63) is 0 Å². The van der Waals surface area contributed by atoms with Gasteiger partial charge in [0, 0.05) is 11.6 Å². The summed E-state index contributed by atoms with van der Waals surface area (Å²) in [6.45, 7) is 16.1. The number of rotatable bonds is 18. The van der Waals surface area contributed by atoms with Gasteiger partial charge in [0.05, 0.1) is 0 Å². The number of hydrogen-bond acceptors (Lipinski definition) is 1. The molecule has 1 saturated heterocycles. The van der Waals surface area contributed by atoms with Crippen LogP contribution in [0.25, 0.3) is 0 Å². The van der Waals surface area contributed by atoms with Gasteiger partial charge < -0.3 is 0 Å². The minimum Gasteiger partial charge on any atom is -0.294 e. The van der Waals surface area contributed by atoms with Gasteiger partial charge >= 0.3 is 0 Å². The molecule has 2 unspecified atom stereocenters. The number of nitrogens with zero attached hydrogens (tertiary/aromatic N) is 1. The molecule has 0 aromatic heterocycles. The van der Waals surface area contributed by atoms with E-state index in [1.807, 2.05) is 0 Å². The van der Waals surface area contributed by atoms with Crippen LogP contribution >= 0.6 is 0 Å².